The first-order valence-corrected chi connectivity index (χ1v) is 4.36. The van der Waals surface area contributed by atoms with E-state index in [-0.39, 0.29) is 12.3 Å². The van der Waals surface area contributed by atoms with Crippen LogP contribution in [0.2, 0.25) is 0 Å². The predicted octanol–water partition coefficient (Wildman–Crippen LogP) is 1.03. The lowest BCUT2D eigenvalue weighted by Crippen LogP contribution is -2.13. The van der Waals surface area contributed by atoms with E-state index in [2.05, 4.69) is 0 Å². The molecule has 0 spiro atoms. The first kappa shape index (κ1) is 8.41. The van der Waals surface area contributed by atoms with Gasteiger partial charge in [-0.2, -0.15) is 0 Å². The van der Waals surface area contributed by atoms with Crippen LogP contribution in [0, 0.1) is 11.8 Å². The number of carbonyl (C=O) groups is 1. The van der Waals surface area contributed by atoms with Crippen LogP contribution in [-0.4, -0.2) is 18.9 Å². The van der Waals surface area contributed by atoms with Gasteiger partial charge < -0.3 is 14.2 Å². The van der Waals surface area contributed by atoms with Crippen molar-refractivity contribution in [1.82, 2.24) is 0 Å². The van der Waals surface area contributed by atoms with E-state index in [0.717, 1.165) is 6.42 Å². The van der Waals surface area contributed by atoms with Crippen LogP contribution in [0.25, 0.3) is 0 Å². The molecule has 4 nitrogen and oxygen atoms in total. The highest BCUT2D eigenvalue weighted by Gasteiger charge is 2.46. The Balaban J connectivity index is 1.67. The molecular formula is C9H12O4. The average molecular weight is 184 g/mol. The van der Waals surface area contributed by atoms with Crippen LogP contribution in [0.4, 0.5) is 0 Å². The lowest BCUT2D eigenvalue weighted by Gasteiger charge is -2.09. The van der Waals surface area contributed by atoms with Gasteiger partial charge in [0.15, 0.2) is 0 Å². The lowest BCUT2D eigenvalue weighted by atomic mass is 10.3. The minimum absolute atomic E-state index is 0.152. The monoisotopic (exact) mass is 184 g/mol. The van der Waals surface area contributed by atoms with Crippen molar-refractivity contribution in [1.29, 1.82) is 0 Å². The van der Waals surface area contributed by atoms with Gasteiger partial charge >= 0.3 is 5.97 Å². The van der Waals surface area contributed by atoms with Crippen molar-refractivity contribution in [3.05, 3.63) is 12.5 Å². The second-order valence-corrected chi connectivity index (χ2v) is 3.37. The summed E-state index contributed by atoms with van der Waals surface area (Å²) in [6.45, 7) is 1.91. The van der Waals surface area contributed by atoms with Crippen LogP contribution < -0.4 is 0 Å². The molecule has 1 saturated carbocycles. The van der Waals surface area contributed by atoms with E-state index in [9.17, 15) is 4.79 Å². The van der Waals surface area contributed by atoms with Gasteiger partial charge in [-0.15, -0.1) is 0 Å². The Labute approximate surface area is 76.5 Å². The Morgan fingerprint density at radius 2 is 2.23 bits per heavy atom. The van der Waals surface area contributed by atoms with Crippen molar-refractivity contribution in [2.45, 2.75) is 19.6 Å². The summed E-state index contributed by atoms with van der Waals surface area (Å²) in [5.74, 6) is 0.570. The quantitative estimate of drug-likeness (QED) is 0.614. The van der Waals surface area contributed by atoms with Crippen LogP contribution in [-0.2, 0) is 19.0 Å². The zero-order valence-electron chi connectivity index (χ0n) is 7.43. The van der Waals surface area contributed by atoms with Crippen molar-refractivity contribution in [3.8, 4) is 0 Å². The molecule has 1 fully saturated rings. The molecule has 2 aliphatic rings. The molecule has 72 valence electrons. The fraction of sp³-hybridized carbons (Fsp3) is 0.667. The van der Waals surface area contributed by atoms with Gasteiger partial charge in [0.1, 0.15) is 12.5 Å². The minimum Gasteiger partial charge on any atom is -0.466 e. The summed E-state index contributed by atoms with van der Waals surface area (Å²) in [7, 11) is 0. The molecule has 0 aromatic carbocycles. The van der Waals surface area contributed by atoms with Gasteiger partial charge in [-0.1, -0.05) is 0 Å². The number of hydrogen-bond donors (Lipinski definition) is 0. The van der Waals surface area contributed by atoms with Gasteiger partial charge in [0.25, 0.3) is 0 Å². The average Bonchev–Trinajstić information content (AvgIpc) is 2.66. The molecule has 0 bridgehead atoms. The van der Waals surface area contributed by atoms with E-state index in [1.54, 1.807) is 12.5 Å². The first-order valence-electron chi connectivity index (χ1n) is 4.36. The van der Waals surface area contributed by atoms with Crippen molar-refractivity contribution >= 4 is 5.97 Å². The highest BCUT2D eigenvalue weighted by molar-refractivity contribution is 5.65. The first-order chi connectivity index (χ1) is 6.27. The normalized spacial score (nSPS) is 30.8. The summed E-state index contributed by atoms with van der Waals surface area (Å²) in [6, 6.07) is 0. The number of rotatable bonds is 3. The van der Waals surface area contributed by atoms with Crippen LogP contribution >= 0.6 is 0 Å². The third-order valence-corrected chi connectivity index (χ3v) is 2.31. The Bertz CT molecular complexity index is 228. The lowest BCUT2D eigenvalue weighted by molar-refractivity contribution is -0.142. The molecule has 0 N–H and O–H groups in total. The summed E-state index contributed by atoms with van der Waals surface area (Å²) >= 11 is 0. The molecule has 0 aromatic heterocycles. The summed E-state index contributed by atoms with van der Waals surface area (Å²) in [6.07, 6.45) is 3.96. The number of esters is 1. The topological polar surface area (TPSA) is 44.8 Å². The third-order valence-electron chi connectivity index (χ3n) is 2.31. The molecule has 0 unspecified atom stereocenters. The molecule has 2 rings (SSSR count). The smallest absolute Gasteiger partial charge is 0.302 e. The van der Waals surface area contributed by atoms with Crippen molar-refractivity contribution in [2.75, 3.05) is 6.61 Å². The molecule has 1 aliphatic heterocycles. The molecule has 13 heavy (non-hydrogen) atoms. The van der Waals surface area contributed by atoms with Gasteiger partial charge in [-0.05, 0) is 6.42 Å². The molecule has 2 atom stereocenters. The van der Waals surface area contributed by atoms with E-state index in [1.165, 1.54) is 6.92 Å². The Morgan fingerprint density at radius 1 is 1.54 bits per heavy atom. The van der Waals surface area contributed by atoms with E-state index in [0.29, 0.717) is 18.4 Å². The molecular weight excluding hydrogens is 172 g/mol. The highest BCUT2D eigenvalue weighted by Crippen LogP contribution is 2.44. The fourth-order valence-corrected chi connectivity index (χ4v) is 1.47. The van der Waals surface area contributed by atoms with Crippen LogP contribution in [0.15, 0.2) is 12.5 Å². The van der Waals surface area contributed by atoms with Crippen LogP contribution in [0.3, 0.4) is 0 Å². The van der Waals surface area contributed by atoms with Gasteiger partial charge in [0.05, 0.1) is 6.61 Å². The Kier molecular flexibility index (Phi) is 2.12. The number of hydrogen-bond acceptors (Lipinski definition) is 4. The van der Waals surface area contributed by atoms with Gasteiger partial charge in [0, 0.05) is 18.8 Å². The summed E-state index contributed by atoms with van der Waals surface area (Å²) in [5, 5.41) is 0. The zero-order chi connectivity index (χ0) is 9.26. The van der Waals surface area contributed by atoms with Crippen molar-refractivity contribution < 1.29 is 19.0 Å². The van der Waals surface area contributed by atoms with E-state index in [4.69, 9.17) is 14.2 Å². The van der Waals surface area contributed by atoms with Crippen molar-refractivity contribution in [3.63, 3.8) is 0 Å². The molecule has 1 heterocycles. The maximum Gasteiger partial charge on any atom is 0.302 e. The molecule has 0 saturated heterocycles. The summed E-state index contributed by atoms with van der Waals surface area (Å²) in [5.41, 5.74) is 0. The molecule has 1 aliphatic carbocycles. The molecule has 0 aromatic rings. The van der Waals surface area contributed by atoms with E-state index < -0.39 is 0 Å². The Hall–Kier alpha value is -1.19. The third kappa shape index (κ3) is 1.94. The van der Waals surface area contributed by atoms with Gasteiger partial charge in [-0.25, -0.2) is 0 Å². The highest BCUT2D eigenvalue weighted by atomic mass is 16.7. The molecule has 4 heteroatoms. The van der Waals surface area contributed by atoms with Gasteiger partial charge in [-0.3, -0.25) is 4.79 Å². The maximum atomic E-state index is 10.5. The number of carbonyl (C=O) groups excluding carboxylic acids is 1. The SMILES string of the molecule is CC(=O)OC[C@@H]1C[C@@H]1C1OC=CO1. The van der Waals surface area contributed by atoms with Gasteiger partial charge in [0.2, 0.25) is 6.29 Å². The zero-order valence-corrected chi connectivity index (χ0v) is 7.43. The minimum atomic E-state index is -0.225. The summed E-state index contributed by atoms with van der Waals surface area (Å²) < 4.78 is 15.2. The van der Waals surface area contributed by atoms with Crippen LogP contribution in [0.1, 0.15) is 13.3 Å². The molecule has 0 amide bonds. The van der Waals surface area contributed by atoms with Crippen molar-refractivity contribution in [2.24, 2.45) is 11.8 Å². The predicted molar refractivity (Wildman–Crippen MR) is 43.3 cm³/mol. The second kappa shape index (κ2) is 3.28. The van der Waals surface area contributed by atoms with Crippen LogP contribution in [0.5, 0.6) is 0 Å². The largest absolute Gasteiger partial charge is 0.466 e. The number of ether oxygens (including phenoxy) is 3. The Morgan fingerprint density at radius 3 is 2.85 bits per heavy atom. The maximum absolute atomic E-state index is 10.5. The fourth-order valence-electron chi connectivity index (χ4n) is 1.47. The second-order valence-electron chi connectivity index (χ2n) is 3.37. The standard InChI is InChI=1S/C9H12O4/c1-6(10)13-5-7-4-8(7)9-11-2-3-12-9/h2-3,7-9H,4-5H2,1H3/t7-,8-/m0/s1. The van der Waals surface area contributed by atoms with E-state index in [1.807, 2.05) is 0 Å². The molecule has 0 radical (unpaired) electrons. The van der Waals surface area contributed by atoms with E-state index >= 15 is 0 Å². The summed E-state index contributed by atoms with van der Waals surface area (Å²) in [4.78, 5) is 10.5.